The fourth-order valence-corrected chi connectivity index (χ4v) is 5.60. The smallest absolute Gasteiger partial charge is 0.354 e. The van der Waals surface area contributed by atoms with E-state index in [0.717, 1.165) is 19.1 Å². The quantitative estimate of drug-likeness (QED) is 0.420. The topological polar surface area (TPSA) is 107 Å². The number of nitriles is 1. The number of alkyl halides is 6. The van der Waals surface area contributed by atoms with E-state index in [0.29, 0.717) is 17.6 Å². The van der Waals surface area contributed by atoms with Crippen molar-refractivity contribution >= 4 is 22.8 Å². The molecule has 4 rings (SSSR count). The molecule has 1 fully saturated rings. The van der Waals surface area contributed by atoms with Crippen molar-refractivity contribution in [2.45, 2.75) is 57.2 Å². The van der Waals surface area contributed by atoms with Gasteiger partial charge in [-0.3, -0.25) is 14.3 Å². The van der Waals surface area contributed by atoms with Crippen molar-refractivity contribution in [2.75, 3.05) is 24.5 Å². The largest absolute Gasteiger partial charge is 0.416 e. The van der Waals surface area contributed by atoms with Gasteiger partial charge in [-0.05, 0) is 43.2 Å². The number of fused-ring (bicyclic) bond motifs is 1. The maximum Gasteiger partial charge on any atom is 0.416 e. The Morgan fingerprint density at radius 1 is 1.05 bits per heavy atom. The maximum atomic E-state index is 15.4. The van der Waals surface area contributed by atoms with Gasteiger partial charge in [-0.15, -0.1) is 0 Å². The van der Waals surface area contributed by atoms with Crippen LogP contribution < -0.4 is 15.9 Å². The molecule has 43 heavy (non-hydrogen) atoms. The number of anilines is 1. The third kappa shape index (κ3) is 5.75. The van der Waals surface area contributed by atoms with E-state index in [1.54, 1.807) is 24.8 Å². The molecule has 0 spiro atoms. The molecule has 2 aromatic heterocycles. The molecule has 3 aromatic rings. The van der Waals surface area contributed by atoms with Gasteiger partial charge in [0.25, 0.3) is 0 Å². The Morgan fingerprint density at radius 3 is 2.21 bits per heavy atom. The van der Waals surface area contributed by atoms with Crippen molar-refractivity contribution in [3.63, 3.8) is 0 Å². The number of amides is 1. The minimum absolute atomic E-state index is 0.0567. The Bertz CT molecular complexity index is 1610. The number of rotatable bonds is 6. The molecule has 1 saturated heterocycles. The van der Waals surface area contributed by atoms with Crippen LogP contribution in [0.1, 0.15) is 44.0 Å². The van der Waals surface area contributed by atoms with Crippen LogP contribution in [0.4, 0.5) is 32.2 Å². The van der Waals surface area contributed by atoms with Gasteiger partial charge < -0.3 is 10.2 Å². The zero-order chi connectivity index (χ0) is 31.9. The minimum atomic E-state index is -5.04. The van der Waals surface area contributed by atoms with Gasteiger partial charge in [0, 0.05) is 45.7 Å². The fraction of sp³-hybridized carbons (Fsp3) is 0.464. The Hall–Kier alpha value is -4.19. The number of nitrogens with zero attached hydrogens (tertiary/aromatic N) is 6. The zero-order valence-electron chi connectivity index (χ0n) is 23.7. The second-order valence-electron chi connectivity index (χ2n) is 10.5. The summed E-state index contributed by atoms with van der Waals surface area (Å²) in [5.74, 6) is -0.634. The number of piperazine rings is 1. The number of carbonyl (C=O) groups is 1. The number of carbonyl (C=O) groups excluding carboxylic acids is 1. The van der Waals surface area contributed by atoms with Gasteiger partial charge in [-0.25, -0.2) is 9.78 Å². The Balaban J connectivity index is 1.87. The molecule has 1 aliphatic rings. The first-order valence-electron chi connectivity index (χ1n) is 13.3. The van der Waals surface area contributed by atoms with E-state index in [1.807, 2.05) is 6.07 Å². The Morgan fingerprint density at radius 2 is 1.67 bits per heavy atom. The molecular weight excluding hydrogens is 580 g/mol. The first kappa shape index (κ1) is 31.7. The van der Waals surface area contributed by atoms with E-state index in [4.69, 9.17) is 0 Å². The summed E-state index contributed by atoms with van der Waals surface area (Å²) in [6, 6.07) is 6.11. The molecule has 3 atom stereocenters. The predicted octanol–water partition coefficient (Wildman–Crippen LogP) is 4.10. The first-order chi connectivity index (χ1) is 20.0. The highest BCUT2D eigenvalue weighted by Crippen LogP contribution is 2.47. The van der Waals surface area contributed by atoms with E-state index < -0.39 is 59.2 Å². The molecule has 0 radical (unpaired) electrons. The van der Waals surface area contributed by atoms with Gasteiger partial charge in [-0.2, -0.15) is 36.6 Å². The molecule has 0 saturated carbocycles. The fourth-order valence-electron chi connectivity index (χ4n) is 5.60. The third-order valence-corrected chi connectivity index (χ3v) is 7.88. The molecule has 230 valence electrons. The third-order valence-electron chi connectivity index (χ3n) is 7.88. The summed E-state index contributed by atoms with van der Waals surface area (Å²) >= 11 is 0. The van der Waals surface area contributed by atoms with Crippen molar-refractivity contribution in [2.24, 2.45) is 7.05 Å². The molecular formula is C28H29F6N7O2. The average molecular weight is 610 g/mol. The molecule has 1 aromatic carbocycles. The van der Waals surface area contributed by atoms with Gasteiger partial charge >= 0.3 is 18.0 Å². The second kappa shape index (κ2) is 11.5. The summed E-state index contributed by atoms with van der Waals surface area (Å²) < 4.78 is 87.2. The van der Waals surface area contributed by atoms with E-state index in [2.05, 4.69) is 15.3 Å². The first-order valence-corrected chi connectivity index (χ1v) is 13.3. The molecule has 1 N–H and O–H groups in total. The van der Waals surface area contributed by atoms with Crippen LogP contribution in [0.25, 0.3) is 11.0 Å². The number of aryl methyl sites for hydroxylation is 1. The highest BCUT2D eigenvalue weighted by Gasteiger charge is 2.62. The number of hydrogen-bond acceptors (Lipinski definition) is 7. The van der Waals surface area contributed by atoms with Crippen molar-refractivity contribution in [1.29, 1.82) is 5.26 Å². The lowest BCUT2D eigenvalue weighted by molar-refractivity contribution is -0.246. The molecule has 15 heteroatoms. The highest BCUT2D eigenvalue weighted by molar-refractivity contribution is 5.86. The van der Waals surface area contributed by atoms with Gasteiger partial charge in [0.05, 0.1) is 11.1 Å². The summed E-state index contributed by atoms with van der Waals surface area (Å²) in [6.07, 6.45) is -9.63. The van der Waals surface area contributed by atoms with E-state index in [-0.39, 0.29) is 36.5 Å². The summed E-state index contributed by atoms with van der Waals surface area (Å²) in [5.41, 5.74) is -4.43. The summed E-state index contributed by atoms with van der Waals surface area (Å²) in [7, 11) is 1.48. The standard InChI is InChI=1S/C28H29F6N7O2/c1-5-21-14-40(24-23-22(39(4)25(43)38-24)11-10-20(12-35)37-23)16(2)13-41(21)26(28(32,33)34,15-36-17(3)42)18-6-8-19(9-7-18)27(29,30)31/h6-11,16,21H,5,13-15H2,1-4H3,(H,36,42)/t16-,21+,26?/m0/s1. The molecule has 1 unspecified atom stereocenters. The number of hydrogen-bond donors (Lipinski definition) is 1. The summed E-state index contributed by atoms with van der Waals surface area (Å²) in [4.78, 5) is 36.0. The minimum Gasteiger partial charge on any atom is -0.354 e. The van der Waals surface area contributed by atoms with Gasteiger partial charge in [0.2, 0.25) is 5.91 Å². The predicted molar refractivity (Wildman–Crippen MR) is 145 cm³/mol. The van der Waals surface area contributed by atoms with Crippen molar-refractivity contribution in [3.8, 4) is 6.07 Å². The van der Waals surface area contributed by atoms with Crippen LogP contribution in [0.15, 0.2) is 41.2 Å². The summed E-state index contributed by atoms with van der Waals surface area (Å²) in [6.45, 7) is 3.07. The molecule has 0 aliphatic carbocycles. The normalized spacial score (nSPS) is 19.6. The number of nitrogens with one attached hydrogen (secondary N) is 1. The van der Waals surface area contributed by atoms with Crippen LogP contribution in [-0.2, 0) is 23.6 Å². The van der Waals surface area contributed by atoms with Crippen LogP contribution in [-0.4, -0.2) is 63.2 Å². The maximum absolute atomic E-state index is 15.4. The van der Waals surface area contributed by atoms with E-state index in [9.17, 15) is 28.0 Å². The molecule has 9 nitrogen and oxygen atoms in total. The highest BCUT2D eigenvalue weighted by atomic mass is 19.4. The van der Waals surface area contributed by atoms with Crippen LogP contribution in [0, 0.1) is 11.3 Å². The number of halogens is 6. The number of benzene rings is 1. The molecule has 0 bridgehead atoms. The van der Waals surface area contributed by atoms with E-state index in [1.165, 1.54) is 22.6 Å². The van der Waals surface area contributed by atoms with Crippen molar-refractivity contribution in [1.82, 2.24) is 24.8 Å². The summed E-state index contributed by atoms with van der Waals surface area (Å²) in [5, 5.41) is 11.6. The van der Waals surface area contributed by atoms with Crippen LogP contribution in [0.2, 0.25) is 0 Å². The SMILES string of the molecule is CC[C@@H]1CN(c2nc(=O)n(C)c3ccc(C#N)nc23)[C@@H](C)CN1C(CNC(C)=O)(c1ccc(C(F)(F)F)cc1)C(F)(F)F. The van der Waals surface area contributed by atoms with Crippen molar-refractivity contribution in [3.05, 3.63) is 63.7 Å². The Labute approximate surface area is 242 Å². The molecule has 1 aliphatic heterocycles. The van der Waals surface area contributed by atoms with E-state index >= 15 is 13.2 Å². The van der Waals surface area contributed by atoms with Crippen molar-refractivity contribution < 1.29 is 31.1 Å². The average Bonchev–Trinajstić information content (AvgIpc) is 2.94. The van der Waals surface area contributed by atoms with Gasteiger partial charge in [0.1, 0.15) is 17.3 Å². The lowest BCUT2D eigenvalue weighted by atomic mass is 9.83. The van der Waals surface area contributed by atoms with Crippen LogP contribution in [0.3, 0.4) is 0 Å². The number of aromatic nitrogens is 3. The van der Waals surface area contributed by atoms with Gasteiger partial charge in [0.15, 0.2) is 11.4 Å². The lowest BCUT2D eigenvalue weighted by Crippen LogP contribution is -2.70. The number of pyridine rings is 1. The lowest BCUT2D eigenvalue weighted by Gasteiger charge is -2.54. The van der Waals surface area contributed by atoms with Gasteiger partial charge in [-0.1, -0.05) is 19.1 Å². The Kier molecular flexibility index (Phi) is 8.47. The second-order valence-corrected chi connectivity index (χ2v) is 10.5. The monoisotopic (exact) mass is 609 g/mol. The zero-order valence-corrected chi connectivity index (χ0v) is 23.7. The van der Waals surface area contributed by atoms with Crippen LogP contribution in [0.5, 0.6) is 0 Å². The molecule has 1 amide bonds. The van der Waals surface area contributed by atoms with Crippen LogP contribution >= 0.6 is 0 Å². The molecule has 3 heterocycles.